The fourth-order valence-electron chi connectivity index (χ4n) is 2.87. The summed E-state index contributed by atoms with van der Waals surface area (Å²) >= 11 is 12.5. The summed E-state index contributed by atoms with van der Waals surface area (Å²) in [5.74, 6) is -0.00737. The van der Waals surface area contributed by atoms with E-state index in [1.165, 1.54) is 11.3 Å². The van der Waals surface area contributed by atoms with Crippen LogP contribution in [0.25, 0.3) is 10.4 Å². The number of amides is 1. The molecule has 1 aromatic heterocycles. The average Bonchev–Trinajstić information content (AvgIpc) is 3.22. The molecule has 0 aliphatic carbocycles. The molecule has 0 aliphatic rings. The third kappa shape index (κ3) is 7.56. The molecule has 3 rings (SSSR count). The van der Waals surface area contributed by atoms with E-state index >= 15 is 0 Å². The van der Waals surface area contributed by atoms with Crippen LogP contribution in [0.5, 0.6) is 5.75 Å². The predicted octanol–water partition coefficient (Wildman–Crippen LogP) is 5.92. The van der Waals surface area contributed by atoms with E-state index < -0.39 is 5.97 Å². The average molecular weight is 503 g/mol. The van der Waals surface area contributed by atoms with Gasteiger partial charge < -0.3 is 20.1 Å². The molecule has 0 radical (unpaired) electrons. The Bertz CT molecular complexity index is 1100. The largest absolute Gasteiger partial charge is 0.494 e. The van der Waals surface area contributed by atoms with E-state index in [2.05, 4.69) is 10.6 Å². The van der Waals surface area contributed by atoms with E-state index in [0.29, 0.717) is 34.4 Å². The topological polar surface area (TPSA) is 76.7 Å². The van der Waals surface area contributed by atoms with Gasteiger partial charge in [-0.05, 0) is 61.5 Å². The molecule has 9 heteroatoms. The van der Waals surface area contributed by atoms with E-state index in [-0.39, 0.29) is 24.0 Å². The monoisotopic (exact) mass is 502 g/mol. The number of carbonyl (C=O) groups is 2. The van der Waals surface area contributed by atoms with Gasteiger partial charge in [-0.15, -0.1) is 11.3 Å². The molecule has 33 heavy (non-hydrogen) atoms. The number of benzene rings is 2. The number of ether oxygens (including phenoxy) is 2. The summed E-state index contributed by atoms with van der Waals surface area (Å²) in [7, 11) is 0. The minimum Gasteiger partial charge on any atom is -0.494 e. The van der Waals surface area contributed by atoms with Gasteiger partial charge in [0.25, 0.3) is 0 Å². The number of nitrogens with one attached hydrogen (secondary N) is 2. The number of rotatable bonds is 9. The van der Waals surface area contributed by atoms with Crippen LogP contribution in [0.4, 0.5) is 5.00 Å². The van der Waals surface area contributed by atoms with Crippen molar-refractivity contribution in [1.29, 1.82) is 0 Å². The minimum atomic E-state index is -0.452. The van der Waals surface area contributed by atoms with Crippen molar-refractivity contribution in [3.63, 3.8) is 0 Å². The summed E-state index contributed by atoms with van der Waals surface area (Å²) in [6, 6.07) is 18.5. The van der Waals surface area contributed by atoms with Crippen molar-refractivity contribution < 1.29 is 19.1 Å². The molecule has 0 atom stereocenters. The van der Waals surface area contributed by atoms with E-state index in [4.69, 9.17) is 33.3 Å². The molecule has 6 nitrogen and oxygen atoms in total. The van der Waals surface area contributed by atoms with Gasteiger partial charge in [-0.3, -0.25) is 4.79 Å². The van der Waals surface area contributed by atoms with Crippen LogP contribution in [0, 0.1) is 0 Å². The predicted molar refractivity (Wildman–Crippen MR) is 136 cm³/mol. The van der Waals surface area contributed by atoms with Crippen LogP contribution in [-0.2, 0) is 9.53 Å². The summed E-state index contributed by atoms with van der Waals surface area (Å²) < 4.78 is 10.7. The third-order valence-corrected chi connectivity index (χ3v) is 5.95. The second kappa shape index (κ2) is 12.3. The second-order valence-electron chi connectivity index (χ2n) is 6.85. The molecule has 1 heterocycles. The Kier molecular flexibility index (Phi) is 9.24. The molecule has 172 valence electrons. The van der Waals surface area contributed by atoms with Crippen LogP contribution in [-0.4, -0.2) is 30.2 Å². The van der Waals surface area contributed by atoms with Crippen LogP contribution < -0.4 is 15.4 Å². The van der Waals surface area contributed by atoms with Crippen LogP contribution >= 0.6 is 35.2 Å². The van der Waals surface area contributed by atoms with Gasteiger partial charge in [-0.1, -0.05) is 41.9 Å². The quantitative estimate of drug-likeness (QED) is 0.215. The zero-order chi connectivity index (χ0) is 23.6. The molecule has 0 spiro atoms. The summed E-state index contributed by atoms with van der Waals surface area (Å²) in [4.78, 5) is 25.5. The van der Waals surface area contributed by atoms with E-state index in [1.807, 2.05) is 30.3 Å². The van der Waals surface area contributed by atoms with Gasteiger partial charge in [0.2, 0.25) is 5.91 Å². The van der Waals surface area contributed by atoms with Crippen LogP contribution in [0.15, 0.2) is 60.7 Å². The summed E-state index contributed by atoms with van der Waals surface area (Å²) in [5.41, 5.74) is 1.34. The Morgan fingerprint density at radius 1 is 1.09 bits per heavy atom. The highest BCUT2D eigenvalue weighted by molar-refractivity contribution is 7.80. The number of halogens is 1. The Balaban J connectivity index is 1.54. The fraction of sp³-hybridized carbons (Fsp3) is 0.208. The van der Waals surface area contributed by atoms with Crippen LogP contribution in [0.2, 0.25) is 5.02 Å². The van der Waals surface area contributed by atoms with Gasteiger partial charge in [0.15, 0.2) is 5.11 Å². The molecule has 2 N–H and O–H groups in total. The highest BCUT2D eigenvalue weighted by Gasteiger charge is 2.19. The minimum absolute atomic E-state index is 0.116. The van der Waals surface area contributed by atoms with Crippen molar-refractivity contribution >= 4 is 57.1 Å². The number of carbonyl (C=O) groups excluding carboxylic acids is 2. The first-order chi connectivity index (χ1) is 16.0. The molecule has 2 aromatic carbocycles. The molecular formula is C24H23ClN2O4S2. The smallest absolute Gasteiger partial charge is 0.341 e. The fourth-order valence-corrected chi connectivity index (χ4v) is 4.33. The molecule has 3 aromatic rings. The van der Waals surface area contributed by atoms with Crippen LogP contribution in [0.1, 0.15) is 30.1 Å². The van der Waals surface area contributed by atoms with Gasteiger partial charge in [-0.25, -0.2) is 4.79 Å². The van der Waals surface area contributed by atoms with Gasteiger partial charge in [0.05, 0.1) is 18.8 Å². The molecular weight excluding hydrogens is 480 g/mol. The lowest BCUT2D eigenvalue weighted by Gasteiger charge is -2.10. The first-order valence-electron chi connectivity index (χ1n) is 10.3. The maximum atomic E-state index is 12.4. The zero-order valence-electron chi connectivity index (χ0n) is 17.9. The van der Waals surface area contributed by atoms with Gasteiger partial charge in [0.1, 0.15) is 10.8 Å². The summed E-state index contributed by atoms with van der Waals surface area (Å²) in [6.45, 7) is 2.39. The van der Waals surface area contributed by atoms with E-state index in [1.54, 1.807) is 37.3 Å². The van der Waals surface area contributed by atoms with Crippen LogP contribution in [0.3, 0.4) is 0 Å². The Morgan fingerprint density at radius 2 is 1.82 bits per heavy atom. The lowest BCUT2D eigenvalue weighted by atomic mass is 10.1. The Labute approximate surface area is 206 Å². The summed E-state index contributed by atoms with van der Waals surface area (Å²) in [5, 5.41) is 6.88. The summed E-state index contributed by atoms with van der Waals surface area (Å²) in [6.07, 6.45) is 0.752. The number of esters is 1. The van der Waals surface area contributed by atoms with E-state index in [9.17, 15) is 9.59 Å². The van der Waals surface area contributed by atoms with Crippen molar-refractivity contribution in [2.24, 2.45) is 0 Å². The Hall–Kier alpha value is -2.94. The maximum absolute atomic E-state index is 12.4. The zero-order valence-corrected chi connectivity index (χ0v) is 20.3. The third-order valence-electron chi connectivity index (χ3n) is 4.40. The first kappa shape index (κ1) is 24.7. The molecule has 0 fully saturated rings. The van der Waals surface area contributed by atoms with Crippen molar-refractivity contribution in [1.82, 2.24) is 5.32 Å². The first-order valence-corrected chi connectivity index (χ1v) is 11.9. The van der Waals surface area contributed by atoms with Gasteiger partial charge >= 0.3 is 5.97 Å². The van der Waals surface area contributed by atoms with Crippen molar-refractivity contribution in [3.8, 4) is 16.2 Å². The maximum Gasteiger partial charge on any atom is 0.341 e. The van der Waals surface area contributed by atoms with Crippen molar-refractivity contribution in [3.05, 3.63) is 71.2 Å². The van der Waals surface area contributed by atoms with Gasteiger partial charge in [0, 0.05) is 16.3 Å². The lowest BCUT2D eigenvalue weighted by Crippen LogP contribution is -2.34. The molecule has 1 amide bonds. The normalized spacial score (nSPS) is 10.4. The highest BCUT2D eigenvalue weighted by Crippen LogP contribution is 2.35. The van der Waals surface area contributed by atoms with E-state index in [0.717, 1.165) is 10.4 Å². The number of thiophene rings is 1. The second-order valence-corrected chi connectivity index (χ2v) is 8.75. The number of hydrogen-bond acceptors (Lipinski definition) is 6. The Morgan fingerprint density at radius 3 is 2.52 bits per heavy atom. The number of hydrogen-bond donors (Lipinski definition) is 2. The number of thiocarbonyl (C=S) groups is 1. The molecule has 0 aliphatic heterocycles. The highest BCUT2D eigenvalue weighted by atomic mass is 35.5. The lowest BCUT2D eigenvalue weighted by molar-refractivity contribution is -0.119. The standard InChI is InChI=1S/C24H23ClN2O4S2/c1-2-30-23(29)19-15-20(16-7-4-3-5-8-16)33-22(19)27-24(32)26-21(28)9-6-14-31-18-12-10-17(25)11-13-18/h3-5,7-8,10-13,15H,2,6,9,14H2,1H3,(H2,26,27,28,32). The van der Waals surface area contributed by atoms with Gasteiger partial charge in [-0.2, -0.15) is 0 Å². The van der Waals surface area contributed by atoms with Crippen molar-refractivity contribution in [2.45, 2.75) is 19.8 Å². The van der Waals surface area contributed by atoms with Crippen molar-refractivity contribution in [2.75, 3.05) is 18.5 Å². The molecule has 0 saturated carbocycles. The molecule has 0 unspecified atom stereocenters. The molecule has 0 saturated heterocycles. The SMILES string of the molecule is CCOC(=O)c1cc(-c2ccccc2)sc1NC(=S)NC(=O)CCCOc1ccc(Cl)cc1. The number of anilines is 1. The molecule has 0 bridgehead atoms.